The van der Waals surface area contributed by atoms with Crippen molar-refractivity contribution >= 4 is 25.6 Å². The molecule has 1 aromatic carbocycles. The van der Waals surface area contributed by atoms with Crippen LogP contribution in [0.1, 0.15) is 22.3 Å². The van der Waals surface area contributed by atoms with Crippen molar-refractivity contribution in [3.8, 4) is 0 Å². The van der Waals surface area contributed by atoms with Crippen LogP contribution in [0.5, 0.6) is 0 Å². The standard InChI is InChI=1S/C19H22N2O5S2/c1-21(12-8-15-6-10-20-11-7-15)19(22)16-2-4-17(5-3-16)28(25,26)18-9-13-27(23,24)14-18/h2-7,10-11,18H,8-9,12-14H2,1H3. The monoisotopic (exact) mass is 422 g/mol. The van der Waals surface area contributed by atoms with Crippen LogP contribution in [0.4, 0.5) is 0 Å². The molecule has 0 N–H and O–H groups in total. The van der Waals surface area contributed by atoms with E-state index in [1.807, 2.05) is 12.1 Å². The lowest BCUT2D eigenvalue weighted by molar-refractivity contribution is 0.0796. The Labute approximate surface area is 165 Å². The van der Waals surface area contributed by atoms with E-state index >= 15 is 0 Å². The minimum Gasteiger partial charge on any atom is -0.341 e. The second-order valence-electron chi connectivity index (χ2n) is 6.93. The van der Waals surface area contributed by atoms with Crippen LogP contribution < -0.4 is 0 Å². The molecule has 7 nitrogen and oxygen atoms in total. The molecule has 1 aliphatic heterocycles. The molecule has 1 amide bonds. The lowest BCUT2D eigenvalue weighted by atomic mass is 10.1. The Kier molecular flexibility index (Phi) is 5.85. The molecule has 0 bridgehead atoms. The van der Waals surface area contributed by atoms with E-state index in [2.05, 4.69) is 4.98 Å². The first-order valence-electron chi connectivity index (χ1n) is 8.88. The van der Waals surface area contributed by atoms with E-state index in [4.69, 9.17) is 0 Å². The highest BCUT2D eigenvalue weighted by Crippen LogP contribution is 2.25. The number of pyridine rings is 1. The fraction of sp³-hybridized carbons (Fsp3) is 0.368. The number of sulfone groups is 2. The molecule has 1 fully saturated rings. The normalized spacial score (nSPS) is 18.7. The topological polar surface area (TPSA) is 101 Å². The van der Waals surface area contributed by atoms with E-state index in [0.717, 1.165) is 5.56 Å². The molecule has 1 aromatic heterocycles. The first-order valence-corrected chi connectivity index (χ1v) is 12.2. The molecule has 28 heavy (non-hydrogen) atoms. The van der Waals surface area contributed by atoms with Gasteiger partial charge in [-0.3, -0.25) is 9.78 Å². The number of hydrogen-bond donors (Lipinski definition) is 0. The lowest BCUT2D eigenvalue weighted by Crippen LogP contribution is -2.29. The van der Waals surface area contributed by atoms with Crippen molar-refractivity contribution in [1.29, 1.82) is 0 Å². The SMILES string of the molecule is CN(CCc1ccncc1)C(=O)c1ccc(S(=O)(=O)C2CCS(=O)(=O)C2)cc1. The van der Waals surface area contributed by atoms with Gasteiger partial charge in [0.15, 0.2) is 19.7 Å². The molecule has 0 aliphatic carbocycles. The highest BCUT2D eigenvalue weighted by molar-refractivity contribution is 7.96. The number of nitrogens with zero attached hydrogens (tertiary/aromatic N) is 2. The van der Waals surface area contributed by atoms with Gasteiger partial charge in [-0.2, -0.15) is 0 Å². The minimum absolute atomic E-state index is 0.0468. The van der Waals surface area contributed by atoms with Gasteiger partial charge < -0.3 is 4.90 Å². The molecule has 2 heterocycles. The van der Waals surface area contributed by atoms with Crippen LogP contribution in [-0.2, 0) is 26.1 Å². The summed E-state index contributed by atoms with van der Waals surface area (Å²) in [5.74, 6) is -0.648. The Morgan fingerprint density at radius 3 is 2.36 bits per heavy atom. The van der Waals surface area contributed by atoms with Gasteiger partial charge in [-0.1, -0.05) is 0 Å². The summed E-state index contributed by atoms with van der Waals surface area (Å²) >= 11 is 0. The molecule has 2 aromatic rings. The summed E-state index contributed by atoms with van der Waals surface area (Å²) in [5, 5.41) is -0.915. The smallest absolute Gasteiger partial charge is 0.253 e. The Bertz CT molecular complexity index is 1050. The zero-order valence-electron chi connectivity index (χ0n) is 15.5. The number of carbonyl (C=O) groups excluding carboxylic acids is 1. The average Bonchev–Trinajstić information content (AvgIpc) is 3.07. The molecule has 1 unspecified atom stereocenters. The maximum atomic E-state index is 12.6. The van der Waals surface area contributed by atoms with Crippen LogP contribution in [-0.4, -0.2) is 63.0 Å². The van der Waals surface area contributed by atoms with Gasteiger partial charge in [-0.25, -0.2) is 16.8 Å². The zero-order valence-corrected chi connectivity index (χ0v) is 17.1. The number of hydrogen-bond acceptors (Lipinski definition) is 6. The van der Waals surface area contributed by atoms with Gasteiger partial charge in [0.25, 0.3) is 5.91 Å². The summed E-state index contributed by atoms with van der Waals surface area (Å²) in [6, 6.07) is 9.49. The maximum absolute atomic E-state index is 12.6. The minimum atomic E-state index is -3.73. The van der Waals surface area contributed by atoms with Gasteiger partial charge in [-0.15, -0.1) is 0 Å². The Hall–Kier alpha value is -2.26. The van der Waals surface area contributed by atoms with Gasteiger partial charge in [-0.05, 0) is 54.8 Å². The molecular weight excluding hydrogens is 400 g/mol. The summed E-state index contributed by atoms with van der Waals surface area (Å²) in [6.45, 7) is 0.517. The van der Waals surface area contributed by atoms with Crippen molar-refractivity contribution in [3.05, 3.63) is 59.9 Å². The third-order valence-electron chi connectivity index (χ3n) is 4.89. The Morgan fingerprint density at radius 1 is 1.14 bits per heavy atom. The van der Waals surface area contributed by atoms with Crippen LogP contribution in [0.15, 0.2) is 53.7 Å². The maximum Gasteiger partial charge on any atom is 0.253 e. The van der Waals surface area contributed by atoms with Gasteiger partial charge in [0.2, 0.25) is 0 Å². The average molecular weight is 423 g/mol. The molecule has 1 atom stereocenters. The van der Waals surface area contributed by atoms with Gasteiger partial charge in [0, 0.05) is 31.5 Å². The second kappa shape index (κ2) is 8.00. The summed E-state index contributed by atoms with van der Waals surface area (Å²) in [7, 11) is -5.33. The van der Waals surface area contributed by atoms with E-state index in [0.29, 0.717) is 18.5 Å². The zero-order chi connectivity index (χ0) is 20.4. The molecule has 9 heteroatoms. The molecule has 1 aliphatic rings. The molecule has 3 rings (SSSR count). The molecule has 1 saturated heterocycles. The fourth-order valence-electron chi connectivity index (χ4n) is 3.15. The molecule has 0 spiro atoms. The fourth-order valence-corrected chi connectivity index (χ4v) is 7.51. The van der Waals surface area contributed by atoms with Crippen LogP contribution in [0, 0.1) is 0 Å². The van der Waals surface area contributed by atoms with Crippen molar-refractivity contribution in [2.75, 3.05) is 25.1 Å². The van der Waals surface area contributed by atoms with E-state index < -0.39 is 24.9 Å². The molecule has 150 valence electrons. The van der Waals surface area contributed by atoms with Crippen molar-refractivity contribution in [3.63, 3.8) is 0 Å². The highest BCUT2D eigenvalue weighted by Gasteiger charge is 2.38. The summed E-state index contributed by atoms with van der Waals surface area (Å²) in [5.41, 5.74) is 1.46. The van der Waals surface area contributed by atoms with Crippen LogP contribution in [0.25, 0.3) is 0 Å². The third kappa shape index (κ3) is 4.59. The van der Waals surface area contributed by atoms with Crippen molar-refractivity contribution < 1.29 is 21.6 Å². The van der Waals surface area contributed by atoms with Crippen LogP contribution >= 0.6 is 0 Å². The predicted octanol–water partition coefficient (Wildman–Crippen LogP) is 1.36. The quantitative estimate of drug-likeness (QED) is 0.697. The Morgan fingerprint density at radius 2 is 1.79 bits per heavy atom. The first-order chi connectivity index (χ1) is 13.2. The van der Waals surface area contributed by atoms with Crippen molar-refractivity contribution in [1.82, 2.24) is 9.88 Å². The number of likely N-dealkylation sites (N-methyl/N-ethyl adjacent to an activating group) is 1. The summed E-state index contributed by atoms with van der Waals surface area (Å²) < 4.78 is 48.4. The van der Waals surface area contributed by atoms with Crippen molar-refractivity contribution in [2.45, 2.75) is 23.0 Å². The molecule has 0 saturated carbocycles. The lowest BCUT2D eigenvalue weighted by Gasteiger charge is -2.17. The largest absolute Gasteiger partial charge is 0.341 e. The number of benzene rings is 1. The van der Waals surface area contributed by atoms with E-state index in [1.54, 1.807) is 24.3 Å². The highest BCUT2D eigenvalue weighted by atomic mass is 32.2. The molecule has 0 radical (unpaired) electrons. The predicted molar refractivity (Wildman–Crippen MR) is 106 cm³/mol. The summed E-state index contributed by atoms with van der Waals surface area (Å²) in [4.78, 5) is 18.1. The summed E-state index contributed by atoms with van der Waals surface area (Å²) in [6.07, 6.45) is 4.20. The van der Waals surface area contributed by atoms with Gasteiger partial charge >= 0.3 is 0 Å². The van der Waals surface area contributed by atoms with Gasteiger partial charge in [0.05, 0.1) is 21.7 Å². The van der Waals surface area contributed by atoms with E-state index in [-0.39, 0.29) is 28.7 Å². The number of carbonyl (C=O) groups is 1. The number of aromatic nitrogens is 1. The first kappa shape index (κ1) is 20.5. The van der Waals surface area contributed by atoms with Crippen molar-refractivity contribution in [2.24, 2.45) is 0 Å². The van der Waals surface area contributed by atoms with Gasteiger partial charge in [0.1, 0.15) is 0 Å². The van der Waals surface area contributed by atoms with Crippen LogP contribution in [0.3, 0.4) is 0 Å². The third-order valence-corrected chi connectivity index (χ3v) is 9.08. The van der Waals surface area contributed by atoms with Crippen LogP contribution in [0.2, 0.25) is 0 Å². The van der Waals surface area contributed by atoms with E-state index in [9.17, 15) is 21.6 Å². The number of amides is 1. The Balaban J connectivity index is 1.67. The number of rotatable bonds is 6. The second-order valence-corrected chi connectivity index (χ2v) is 11.4. The van der Waals surface area contributed by atoms with E-state index in [1.165, 1.54) is 24.3 Å². The molecular formula is C19H22N2O5S2.